The van der Waals surface area contributed by atoms with Gasteiger partial charge in [-0.1, -0.05) is 69.4 Å². The molecule has 2 fully saturated rings. The van der Waals surface area contributed by atoms with Crippen LogP contribution in [0.15, 0.2) is 36.0 Å². The Balaban J connectivity index is 0.000000313. The van der Waals surface area contributed by atoms with Crippen LogP contribution in [-0.4, -0.2) is 41.7 Å². The Bertz CT molecular complexity index is 576. The van der Waals surface area contributed by atoms with Gasteiger partial charge in [-0.15, -0.1) is 0 Å². The quantitative estimate of drug-likeness (QED) is 0.558. The third kappa shape index (κ3) is 7.03. The number of aliphatic hydroxyl groups is 1. The van der Waals surface area contributed by atoms with Gasteiger partial charge in [-0.25, -0.2) is 8.78 Å². The number of hydrogen-bond acceptors (Lipinski definition) is 2. The highest BCUT2D eigenvalue weighted by Crippen LogP contribution is 2.41. The third-order valence-corrected chi connectivity index (χ3v) is 6.92. The van der Waals surface area contributed by atoms with Crippen molar-refractivity contribution in [1.82, 2.24) is 4.90 Å². The van der Waals surface area contributed by atoms with Crippen LogP contribution in [0.3, 0.4) is 0 Å². The van der Waals surface area contributed by atoms with Crippen molar-refractivity contribution in [2.45, 2.75) is 95.6 Å². The maximum absolute atomic E-state index is 13.5. The Kier molecular flexibility index (Phi) is 9.09. The first-order valence-corrected chi connectivity index (χ1v) is 11.5. The zero-order chi connectivity index (χ0) is 21.5. The van der Waals surface area contributed by atoms with Gasteiger partial charge in [-0.3, -0.25) is 0 Å². The summed E-state index contributed by atoms with van der Waals surface area (Å²) in [6.45, 7) is 3.01. The SMILES string of the molecule is CCC(C1=CC=CC(C(C)(F)F)C=C1)C1(O)CCCCC1.CN(C)C1CCCC1. The third-order valence-electron chi connectivity index (χ3n) is 6.92. The normalized spacial score (nSPS) is 25.9. The van der Waals surface area contributed by atoms with E-state index in [1.807, 2.05) is 6.08 Å². The summed E-state index contributed by atoms with van der Waals surface area (Å²) in [6.07, 6.45) is 20.0. The molecule has 3 aliphatic carbocycles. The summed E-state index contributed by atoms with van der Waals surface area (Å²) >= 11 is 0. The lowest BCUT2D eigenvalue weighted by Crippen LogP contribution is -2.40. The predicted octanol–water partition coefficient (Wildman–Crippen LogP) is 6.52. The molecule has 0 aliphatic heterocycles. The van der Waals surface area contributed by atoms with Gasteiger partial charge in [0.05, 0.1) is 11.5 Å². The van der Waals surface area contributed by atoms with E-state index >= 15 is 0 Å². The second-order valence-electron chi connectivity index (χ2n) is 9.42. The molecule has 0 bridgehead atoms. The summed E-state index contributed by atoms with van der Waals surface area (Å²) in [5.74, 6) is -3.59. The maximum atomic E-state index is 13.5. The zero-order valence-electron chi connectivity index (χ0n) is 18.8. The molecule has 0 spiro atoms. The van der Waals surface area contributed by atoms with Crippen LogP contribution in [-0.2, 0) is 0 Å². The molecule has 2 unspecified atom stereocenters. The van der Waals surface area contributed by atoms with Gasteiger partial charge in [0.15, 0.2) is 0 Å². The number of alkyl halides is 2. The molecule has 0 radical (unpaired) electrons. The average molecular weight is 410 g/mol. The molecule has 0 heterocycles. The molecule has 1 N–H and O–H groups in total. The Morgan fingerprint density at radius 2 is 1.72 bits per heavy atom. The highest BCUT2D eigenvalue weighted by molar-refractivity contribution is 5.33. The minimum atomic E-state index is -2.75. The van der Waals surface area contributed by atoms with E-state index in [4.69, 9.17) is 0 Å². The van der Waals surface area contributed by atoms with E-state index in [0.717, 1.165) is 50.6 Å². The second-order valence-corrected chi connectivity index (χ2v) is 9.42. The van der Waals surface area contributed by atoms with Crippen LogP contribution < -0.4 is 0 Å². The van der Waals surface area contributed by atoms with Gasteiger partial charge < -0.3 is 10.0 Å². The van der Waals surface area contributed by atoms with Crippen molar-refractivity contribution in [1.29, 1.82) is 0 Å². The fourth-order valence-corrected chi connectivity index (χ4v) is 5.05. The van der Waals surface area contributed by atoms with E-state index in [1.54, 1.807) is 24.3 Å². The van der Waals surface area contributed by atoms with E-state index in [9.17, 15) is 13.9 Å². The fraction of sp³-hybridized carbons (Fsp3) is 0.760. The average Bonchev–Trinajstić information content (AvgIpc) is 3.09. The predicted molar refractivity (Wildman–Crippen MR) is 118 cm³/mol. The van der Waals surface area contributed by atoms with Crippen LogP contribution in [0.1, 0.15) is 78.1 Å². The number of nitrogens with zero attached hydrogens (tertiary/aromatic N) is 1. The molecule has 2 saturated carbocycles. The monoisotopic (exact) mass is 409 g/mol. The molecular weight excluding hydrogens is 368 g/mol. The van der Waals surface area contributed by atoms with E-state index in [-0.39, 0.29) is 5.92 Å². The van der Waals surface area contributed by atoms with Crippen LogP contribution in [0.25, 0.3) is 0 Å². The topological polar surface area (TPSA) is 23.5 Å². The van der Waals surface area contributed by atoms with Crippen LogP contribution in [0.2, 0.25) is 0 Å². The van der Waals surface area contributed by atoms with Gasteiger partial charge in [0.2, 0.25) is 0 Å². The molecule has 3 rings (SSSR count). The summed E-state index contributed by atoms with van der Waals surface area (Å²) in [4.78, 5) is 2.34. The van der Waals surface area contributed by atoms with Crippen molar-refractivity contribution in [3.8, 4) is 0 Å². The molecule has 0 aromatic heterocycles. The summed E-state index contributed by atoms with van der Waals surface area (Å²) in [7, 11) is 4.35. The van der Waals surface area contributed by atoms with Crippen molar-refractivity contribution in [3.63, 3.8) is 0 Å². The Hall–Kier alpha value is -1.00. The summed E-state index contributed by atoms with van der Waals surface area (Å²) in [5.41, 5.74) is 0.302. The van der Waals surface area contributed by atoms with Crippen LogP contribution >= 0.6 is 0 Å². The van der Waals surface area contributed by atoms with Crippen LogP contribution in [0, 0.1) is 11.8 Å². The van der Waals surface area contributed by atoms with Crippen molar-refractivity contribution < 1.29 is 13.9 Å². The Morgan fingerprint density at radius 1 is 1.10 bits per heavy atom. The number of halogens is 2. The zero-order valence-corrected chi connectivity index (χ0v) is 18.8. The largest absolute Gasteiger partial charge is 0.389 e. The van der Waals surface area contributed by atoms with Crippen LogP contribution in [0.4, 0.5) is 8.78 Å². The summed E-state index contributed by atoms with van der Waals surface area (Å²) < 4.78 is 26.9. The Morgan fingerprint density at radius 3 is 2.21 bits per heavy atom. The van der Waals surface area contributed by atoms with E-state index in [1.165, 1.54) is 32.1 Å². The highest BCUT2D eigenvalue weighted by Gasteiger charge is 2.38. The molecular formula is C25H41F2NO. The fourth-order valence-electron chi connectivity index (χ4n) is 5.05. The molecule has 0 aromatic rings. The lowest BCUT2D eigenvalue weighted by Gasteiger charge is -2.39. The second kappa shape index (κ2) is 10.9. The van der Waals surface area contributed by atoms with Crippen molar-refractivity contribution in [2.24, 2.45) is 11.8 Å². The lowest BCUT2D eigenvalue weighted by atomic mass is 9.71. The van der Waals surface area contributed by atoms with Crippen molar-refractivity contribution in [3.05, 3.63) is 36.0 Å². The standard InChI is InChI=1S/C18H26F2O.C7H15N/c1-3-16(18(21)12-5-4-6-13-18)14-8-7-9-15(11-10-14)17(2,19)20;1-8(2)7-5-3-4-6-7/h7-11,15-16,21H,3-6,12-13H2,1-2H3;7H,3-6H2,1-2H3. The summed E-state index contributed by atoms with van der Waals surface area (Å²) in [5, 5.41) is 11.0. The molecule has 0 aromatic carbocycles. The molecule has 0 amide bonds. The van der Waals surface area contributed by atoms with E-state index in [0.29, 0.717) is 0 Å². The van der Waals surface area contributed by atoms with Crippen molar-refractivity contribution in [2.75, 3.05) is 14.1 Å². The van der Waals surface area contributed by atoms with Gasteiger partial charge in [-0.2, -0.15) is 0 Å². The molecule has 2 atom stereocenters. The van der Waals surface area contributed by atoms with Crippen LogP contribution in [0.5, 0.6) is 0 Å². The molecule has 4 heteroatoms. The molecule has 2 nitrogen and oxygen atoms in total. The molecule has 29 heavy (non-hydrogen) atoms. The minimum absolute atomic E-state index is 0.0305. The van der Waals surface area contributed by atoms with Gasteiger partial charge in [0.1, 0.15) is 0 Å². The first-order chi connectivity index (χ1) is 13.7. The van der Waals surface area contributed by atoms with Gasteiger partial charge in [0, 0.05) is 18.9 Å². The molecule has 0 saturated heterocycles. The van der Waals surface area contributed by atoms with Gasteiger partial charge in [0.25, 0.3) is 5.92 Å². The number of rotatable bonds is 5. The highest BCUT2D eigenvalue weighted by atomic mass is 19.3. The lowest BCUT2D eigenvalue weighted by molar-refractivity contribution is -0.0368. The number of hydrogen-bond donors (Lipinski definition) is 1. The Labute approximate surface area is 176 Å². The first kappa shape index (κ1) is 24.3. The number of allylic oxidation sites excluding steroid dienone is 5. The van der Waals surface area contributed by atoms with E-state index < -0.39 is 17.4 Å². The minimum Gasteiger partial charge on any atom is -0.389 e. The maximum Gasteiger partial charge on any atom is 0.254 e. The first-order valence-electron chi connectivity index (χ1n) is 11.5. The summed E-state index contributed by atoms with van der Waals surface area (Å²) in [6, 6.07) is 0.898. The smallest absolute Gasteiger partial charge is 0.254 e. The molecule has 166 valence electrons. The van der Waals surface area contributed by atoms with Gasteiger partial charge >= 0.3 is 0 Å². The molecule has 3 aliphatic rings. The van der Waals surface area contributed by atoms with Gasteiger partial charge in [-0.05, 0) is 51.8 Å². The van der Waals surface area contributed by atoms with E-state index in [2.05, 4.69) is 25.9 Å². The van der Waals surface area contributed by atoms with Crippen molar-refractivity contribution >= 4 is 0 Å².